The Hall–Kier alpha value is -2.49. The van der Waals surface area contributed by atoms with Crippen LogP contribution in [0, 0.1) is 20.8 Å². The second-order valence-electron chi connectivity index (χ2n) is 6.69. The van der Waals surface area contributed by atoms with Crippen molar-refractivity contribution in [2.75, 3.05) is 23.9 Å². The van der Waals surface area contributed by atoms with E-state index in [0.717, 1.165) is 16.9 Å². The van der Waals surface area contributed by atoms with Gasteiger partial charge in [0.25, 0.3) is 0 Å². The molecule has 2 aromatic carbocycles. The van der Waals surface area contributed by atoms with E-state index < -0.39 is 0 Å². The summed E-state index contributed by atoms with van der Waals surface area (Å²) in [6.45, 7) is 12.4. The maximum absolute atomic E-state index is 4.30. The van der Waals surface area contributed by atoms with Crippen molar-refractivity contribution in [3.8, 4) is 0 Å². The number of benzene rings is 2. The molecule has 0 spiro atoms. The Morgan fingerprint density at radius 1 is 0.846 bits per heavy atom. The van der Waals surface area contributed by atoms with Crippen molar-refractivity contribution in [3.05, 3.63) is 53.3 Å². The lowest BCUT2D eigenvalue weighted by Crippen LogP contribution is -2.35. The molecule has 1 aromatic heterocycles. The number of hydrogen-bond donors (Lipinski definition) is 1. The highest BCUT2D eigenvalue weighted by atomic mass is 15.4. The highest BCUT2D eigenvalue weighted by Gasteiger charge is 2.26. The van der Waals surface area contributed by atoms with E-state index in [-0.39, 0.29) is 0 Å². The van der Waals surface area contributed by atoms with Crippen molar-refractivity contribution in [1.29, 1.82) is 0 Å². The summed E-state index contributed by atoms with van der Waals surface area (Å²) in [6.07, 6.45) is 0.469. The Bertz CT molecular complexity index is 866. The summed E-state index contributed by atoms with van der Waals surface area (Å²) in [6, 6.07) is 12.8. The van der Waals surface area contributed by atoms with Gasteiger partial charge in [-0.3, -0.25) is 0 Å². The van der Waals surface area contributed by atoms with Gasteiger partial charge in [0.1, 0.15) is 5.82 Å². The van der Waals surface area contributed by atoms with E-state index in [0.29, 0.717) is 6.17 Å². The molecule has 2 heterocycles. The Labute approximate surface area is 157 Å². The van der Waals surface area contributed by atoms with Gasteiger partial charge >= 0.3 is 0 Å². The summed E-state index contributed by atoms with van der Waals surface area (Å²) in [4.78, 5) is 12.1. The lowest BCUT2D eigenvalue weighted by atomic mass is 10.2. The van der Waals surface area contributed by atoms with E-state index in [1.54, 1.807) is 0 Å². The molecule has 4 rings (SSSR count). The normalized spacial score (nSPS) is 15.2. The third-order valence-corrected chi connectivity index (χ3v) is 4.77. The van der Waals surface area contributed by atoms with Crippen molar-refractivity contribution in [2.45, 2.75) is 47.7 Å². The van der Waals surface area contributed by atoms with Crippen LogP contribution in [0.15, 0.2) is 36.4 Å². The van der Waals surface area contributed by atoms with Gasteiger partial charge in [0.05, 0.1) is 28.6 Å². The average Bonchev–Trinajstić information content (AvgIpc) is 3.09. The first-order valence-electron chi connectivity index (χ1n) is 9.36. The zero-order chi connectivity index (χ0) is 19.4. The smallest absolute Gasteiger partial charge is 0.104 e. The van der Waals surface area contributed by atoms with Crippen LogP contribution in [0.1, 0.15) is 37.7 Å². The van der Waals surface area contributed by atoms with Crippen LogP contribution in [0.3, 0.4) is 0 Å². The molecule has 26 heavy (non-hydrogen) atoms. The minimum absolute atomic E-state index is 0.469. The summed E-state index contributed by atoms with van der Waals surface area (Å²) in [5.74, 6) is 0.977. The van der Waals surface area contributed by atoms with Crippen molar-refractivity contribution in [1.82, 2.24) is 9.97 Å². The number of imidazole rings is 1. The first-order valence-corrected chi connectivity index (χ1v) is 9.36. The van der Waals surface area contributed by atoms with Gasteiger partial charge in [-0.05, 0) is 63.1 Å². The molecule has 0 bridgehead atoms. The third-order valence-electron chi connectivity index (χ3n) is 4.77. The van der Waals surface area contributed by atoms with Crippen LogP contribution >= 0.6 is 0 Å². The van der Waals surface area contributed by atoms with E-state index in [2.05, 4.69) is 85.0 Å². The highest BCUT2D eigenvalue weighted by molar-refractivity contribution is 5.77. The Balaban J connectivity index is 0.000000173. The van der Waals surface area contributed by atoms with Crippen LogP contribution in [0.25, 0.3) is 11.0 Å². The number of H-pyrrole nitrogens is 1. The number of nitrogens with zero attached hydrogens (tertiary/aromatic N) is 3. The van der Waals surface area contributed by atoms with Gasteiger partial charge in [0, 0.05) is 14.1 Å². The number of anilines is 2. The molecule has 1 unspecified atom stereocenters. The van der Waals surface area contributed by atoms with Gasteiger partial charge in [-0.2, -0.15) is 0 Å². The largest absolute Gasteiger partial charge is 0.353 e. The standard InChI is InChI=1S/C11H16N2.C9H10N2.C2H6/c1-8-5-6-10-11(7-8)13(4)9(2)12(10)3;1-6-3-4-8-9(5-6)11-7(2)10-8;1-2/h5-7,9H,1-4H3;3-5H,1-2H3,(H,10,11);1-2H3. The average molecular weight is 353 g/mol. The summed E-state index contributed by atoms with van der Waals surface area (Å²) >= 11 is 0. The number of aromatic amines is 1. The van der Waals surface area contributed by atoms with Gasteiger partial charge in [-0.25, -0.2) is 4.98 Å². The molecule has 0 amide bonds. The van der Waals surface area contributed by atoms with Crippen LogP contribution in [0.4, 0.5) is 11.4 Å². The quantitative estimate of drug-likeness (QED) is 0.585. The third kappa shape index (κ3) is 4.01. The molecule has 140 valence electrons. The molecule has 1 N–H and O–H groups in total. The number of nitrogens with one attached hydrogen (secondary N) is 1. The van der Waals surface area contributed by atoms with Gasteiger partial charge in [-0.1, -0.05) is 26.0 Å². The SMILES string of the molecule is CC.Cc1ccc2c(c1)N(C)C(C)N2C.Cc1ccc2nc(C)[nH]c2c1. The molecule has 0 saturated heterocycles. The van der Waals surface area contributed by atoms with Crippen molar-refractivity contribution in [2.24, 2.45) is 0 Å². The minimum atomic E-state index is 0.469. The molecule has 3 aromatic rings. The summed E-state index contributed by atoms with van der Waals surface area (Å²) in [7, 11) is 4.29. The Morgan fingerprint density at radius 3 is 2.12 bits per heavy atom. The molecular weight excluding hydrogens is 320 g/mol. The first-order chi connectivity index (χ1) is 12.4. The highest BCUT2D eigenvalue weighted by Crippen LogP contribution is 2.37. The van der Waals surface area contributed by atoms with Crippen LogP contribution in [0.2, 0.25) is 0 Å². The van der Waals surface area contributed by atoms with Crippen LogP contribution in [0.5, 0.6) is 0 Å². The molecule has 0 saturated carbocycles. The van der Waals surface area contributed by atoms with E-state index in [4.69, 9.17) is 0 Å². The molecule has 0 radical (unpaired) electrons. The molecule has 4 nitrogen and oxygen atoms in total. The number of aryl methyl sites for hydroxylation is 3. The van der Waals surface area contributed by atoms with Gasteiger partial charge in [-0.15, -0.1) is 0 Å². The van der Waals surface area contributed by atoms with Gasteiger partial charge < -0.3 is 14.8 Å². The number of hydrogen-bond acceptors (Lipinski definition) is 3. The van der Waals surface area contributed by atoms with Crippen LogP contribution in [-0.2, 0) is 0 Å². The molecular formula is C22H32N4. The predicted molar refractivity (Wildman–Crippen MR) is 114 cm³/mol. The van der Waals surface area contributed by atoms with E-state index in [9.17, 15) is 0 Å². The van der Waals surface area contributed by atoms with Crippen molar-refractivity contribution in [3.63, 3.8) is 0 Å². The molecule has 4 heteroatoms. The fraction of sp³-hybridized carbons (Fsp3) is 0.409. The molecule has 1 aliphatic heterocycles. The number of fused-ring (bicyclic) bond motifs is 2. The van der Waals surface area contributed by atoms with Crippen LogP contribution in [-0.4, -0.2) is 30.2 Å². The minimum Gasteiger partial charge on any atom is -0.353 e. The summed E-state index contributed by atoms with van der Waals surface area (Å²) in [5, 5.41) is 0. The summed E-state index contributed by atoms with van der Waals surface area (Å²) in [5.41, 5.74) is 7.44. The fourth-order valence-electron chi connectivity index (χ4n) is 3.13. The fourth-order valence-corrected chi connectivity index (χ4v) is 3.13. The molecule has 1 atom stereocenters. The van der Waals surface area contributed by atoms with Crippen molar-refractivity contribution >= 4 is 22.4 Å². The Morgan fingerprint density at radius 2 is 1.42 bits per heavy atom. The van der Waals surface area contributed by atoms with Gasteiger partial charge in [0.15, 0.2) is 0 Å². The molecule has 1 aliphatic rings. The number of rotatable bonds is 0. The second kappa shape index (κ2) is 8.26. The second-order valence-corrected chi connectivity index (χ2v) is 6.69. The predicted octanol–water partition coefficient (Wildman–Crippen LogP) is 5.43. The zero-order valence-electron chi connectivity index (χ0n) is 17.4. The van der Waals surface area contributed by atoms with E-state index >= 15 is 0 Å². The molecule has 0 fully saturated rings. The Kier molecular flexibility index (Phi) is 6.30. The number of aromatic nitrogens is 2. The lowest BCUT2D eigenvalue weighted by molar-refractivity contribution is 0.710. The topological polar surface area (TPSA) is 35.2 Å². The van der Waals surface area contributed by atoms with Crippen molar-refractivity contribution < 1.29 is 0 Å². The van der Waals surface area contributed by atoms with Crippen LogP contribution < -0.4 is 9.80 Å². The molecule has 0 aliphatic carbocycles. The maximum Gasteiger partial charge on any atom is 0.104 e. The summed E-state index contributed by atoms with van der Waals surface area (Å²) < 4.78 is 0. The lowest BCUT2D eigenvalue weighted by Gasteiger charge is -2.23. The maximum atomic E-state index is 4.30. The van der Waals surface area contributed by atoms with Gasteiger partial charge in [0.2, 0.25) is 0 Å². The monoisotopic (exact) mass is 352 g/mol. The zero-order valence-corrected chi connectivity index (χ0v) is 17.4. The van der Waals surface area contributed by atoms with E-state index in [1.807, 2.05) is 26.8 Å². The van der Waals surface area contributed by atoms with E-state index in [1.165, 1.54) is 22.5 Å². The first kappa shape index (κ1) is 19.8.